The molecule has 1 saturated carbocycles. The van der Waals surface area contributed by atoms with E-state index >= 15 is 0 Å². The molecule has 0 bridgehead atoms. The second-order valence-electron chi connectivity index (χ2n) is 3.12. The molecule has 1 N–H and O–H groups in total. The number of halogens is 2. The van der Waals surface area contributed by atoms with Crippen LogP contribution in [0.4, 0.5) is 4.39 Å². The maximum absolute atomic E-state index is 11.7. The maximum atomic E-state index is 11.7. The summed E-state index contributed by atoms with van der Waals surface area (Å²) in [6.45, 7) is -0.360. The number of amides is 1. The highest BCUT2D eigenvalue weighted by atomic mass is 79.9. The lowest BCUT2D eigenvalue weighted by Crippen LogP contribution is -2.40. The van der Waals surface area contributed by atoms with Crippen LogP contribution in [-0.4, -0.2) is 23.5 Å². The molecule has 0 unspecified atom stereocenters. The third-order valence-electron chi connectivity index (χ3n) is 2.18. The van der Waals surface area contributed by atoms with E-state index in [0.29, 0.717) is 0 Å². The minimum Gasteiger partial charge on any atom is -0.352 e. The Morgan fingerprint density at radius 1 is 1.50 bits per heavy atom. The van der Waals surface area contributed by atoms with Gasteiger partial charge in [-0.1, -0.05) is 28.8 Å². The summed E-state index contributed by atoms with van der Waals surface area (Å²) in [5.41, 5.74) is 0. The Kier molecular flexibility index (Phi) is 3.50. The fraction of sp³-hybridized carbons (Fsp3) is 0.875. The molecule has 4 heteroatoms. The van der Waals surface area contributed by atoms with Crippen LogP contribution < -0.4 is 5.32 Å². The lowest BCUT2D eigenvalue weighted by molar-refractivity contribution is -0.123. The van der Waals surface area contributed by atoms with Crippen LogP contribution in [0.25, 0.3) is 0 Å². The predicted molar refractivity (Wildman–Crippen MR) is 49.1 cm³/mol. The molecule has 2 nitrogen and oxygen atoms in total. The highest BCUT2D eigenvalue weighted by Crippen LogP contribution is 2.37. The fourth-order valence-corrected chi connectivity index (χ4v) is 2.18. The van der Waals surface area contributed by atoms with Gasteiger partial charge in [-0.3, -0.25) is 4.79 Å². The lowest BCUT2D eigenvalue weighted by Gasteiger charge is -2.19. The second kappa shape index (κ2) is 4.21. The Morgan fingerprint density at radius 3 is 2.58 bits per heavy atom. The van der Waals surface area contributed by atoms with Gasteiger partial charge in [-0.2, -0.15) is 0 Å². The topological polar surface area (TPSA) is 29.1 Å². The molecule has 0 saturated heterocycles. The highest BCUT2D eigenvalue weighted by Gasteiger charge is 2.37. The zero-order chi connectivity index (χ0) is 9.03. The van der Waals surface area contributed by atoms with E-state index in [1.165, 1.54) is 0 Å². The first kappa shape index (κ1) is 9.96. The SMILES string of the molecule is O=C(NCCF)C1(Br)CCCC1. The molecule has 0 aromatic rings. The van der Waals surface area contributed by atoms with Gasteiger partial charge in [0.2, 0.25) is 5.91 Å². The molecule has 0 aliphatic heterocycles. The molecule has 0 atom stereocenters. The minimum absolute atomic E-state index is 0.0577. The van der Waals surface area contributed by atoms with Crippen LogP contribution in [0.5, 0.6) is 0 Å². The first-order chi connectivity index (χ1) is 5.69. The quantitative estimate of drug-likeness (QED) is 0.746. The first-order valence-electron chi connectivity index (χ1n) is 4.22. The van der Waals surface area contributed by atoms with Crippen LogP contribution in [0, 0.1) is 0 Å². The van der Waals surface area contributed by atoms with Crippen LogP contribution in [0.15, 0.2) is 0 Å². The monoisotopic (exact) mass is 237 g/mol. The first-order valence-corrected chi connectivity index (χ1v) is 5.01. The van der Waals surface area contributed by atoms with Crippen LogP contribution in [0.1, 0.15) is 25.7 Å². The van der Waals surface area contributed by atoms with Crippen LogP contribution in [0.2, 0.25) is 0 Å². The van der Waals surface area contributed by atoms with Gasteiger partial charge in [0, 0.05) is 6.54 Å². The van der Waals surface area contributed by atoms with Gasteiger partial charge in [-0.25, -0.2) is 4.39 Å². The summed E-state index contributed by atoms with van der Waals surface area (Å²) < 4.78 is 11.3. The van der Waals surface area contributed by atoms with Gasteiger partial charge >= 0.3 is 0 Å². The standard InChI is InChI=1S/C8H13BrFNO/c9-8(3-1-2-4-8)7(12)11-6-5-10/h1-6H2,(H,11,12). The van der Waals surface area contributed by atoms with Crippen molar-refractivity contribution < 1.29 is 9.18 Å². The molecular weight excluding hydrogens is 225 g/mol. The van der Waals surface area contributed by atoms with E-state index in [1.807, 2.05) is 0 Å². The van der Waals surface area contributed by atoms with Gasteiger partial charge in [0.05, 0.1) is 0 Å². The smallest absolute Gasteiger partial charge is 0.236 e. The van der Waals surface area contributed by atoms with Crippen molar-refractivity contribution in [2.45, 2.75) is 30.0 Å². The van der Waals surface area contributed by atoms with E-state index in [-0.39, 0.29) is 12.5 Å². The molecule has 0 aromatic heterocycles. The Balaban J connectivity index is 2.39. The number of nitrogens with one attached hydrogen (secondary N) is 1. The molecule has 1 fully saturated rings. The minimum atomic E-state index is -0.491. The largest absolute Gasteiger partial charge is 0.352 e. The summed E-state index contributed by atoms with van der Waals surface area (Å²) >= 11 is 3.41. The molecule has 12 heavy (non-hydrogen) atoms. The van der Waals surface area contributed by atoms with Crippen LogP contribution >= 0.6 is 15.9 Å². The van der Waals surface area contributed by atoms with Crippen molar-refractivity contribution in [1.82, 2.24) is 5.32 Å². The number of carbonyl (C=O) groups is 1. The highest BCUT2D eigenvalue weighted by molar-refractivity contribution is 9.10. The van der Waals surface area contributed by atoms with Gasteiger partial charge in [-0.15, -0.1) is 0 Å². The molecule has 1 aliphatic carbocycles. The van der Waals surface area contributed by atoms with E-state index in [2.05, 4.69) is 21.2 Å². The van der Waals surface area contributed by atoms with Gasteiger partial charge in [0.15, 0.2) is 0 Å². The second-order valence-corrected chi connectivity index (χ2v) is 4.64. The van der Waals surface area contributed by atoms with Gasteiger partial charge < -0.3 is 5.32 Å². The van der Waals surface area contributed by atoms with Crippen molar-refractivity contribution >= 4 is 21.8 Å². The average molecular weight is 238 g/mol. The van der Waals surface area contributed by atoms with Gasteiger partial charge in [-0.05, 0) is 12.8 Å². The van der Waals surface area contributed by atoms with Crippen LogP contribution in [0.3, 0.4) is 0 Å². The number of rotatable bonds is 3. The number of hydrogen-bond donors (Lipinski definition) is 1. The maximum Gasteiger partial charge on any atom is 0.236 e. The zero-order valence-electron chi connectivity index (χ0n) is 6.91. The summed E-state index contributed by atoms with van der Waals surface area (Å²) in [4.78, 5) is 11.4. The Morgan fingerprint density at radius 2 is 2.08 bits per heavy atom. The molecule has 0 radical (unpaired) electrons. The summed E-state index contributed by atoms with van der Waals surface area (Å²) in [7, 11) is 0. The number of hydrogen-bond acceptors (Lipinski definition) is 1. The summed E-state index contributed by atoms with van der Waals surface area (Å²) in [5, 5.41) is 2.55. The van der Waals surface area contributed by atoms with Crippen LogP contribution in [-0.2, 0) is 4.79 Å². The molecule has 1 amide bonds. The Hall–Kier alpha value is -0.120. The lowest BCUT2D eigenvalue weighted by atomic mass is 10.1. The normalized spacial score (nSPS) is 20.8. The van der Waals surface area contributed by atoms with E-state index in [1.54, 1.807) is 0 Å². The van der Waals surface area contributed by atoms with Crippen molar-refractivity contribution in [1.29, 1.82) is 0 Å². The molecule has 70 valence electrons. The molecule has 1 aliphatic rings. The Bertz CT molecular complexity index is 168. The fourth-order valence-electron chi connectivity index (χ4n) is 1.48. The van der Waals surface area contributed by atoms with Crippen molar-refractivity contribution in [3.8, 4) is 0 Å². The van der Waals surface area contributed by atoms with E-state index < -0.39 is 11.0 Å². The average Bonchev–Trinajstić information content (AvgIpc) is 2.49. The van der Waals surface area contributed by atoms with E-state index in [0.717, 1.165) is 25.7 Å². The van der Waals surface area contributed by atoms with Crippen molar-refractivity contribution in [3.63, 3.8) is 0 Å². The molecule has 0 aromatic carbocycles. The zero-order valence-corrected chi connectivity index (χ0v) is 8.49. The molecule has 0 spiro atoms. The number of carbonyl (C=O) groups excluding carboxylic acids is 1. The van der Waals surface area contributed by atoms with E-state index in [4.69, 9.17) is 0 Å². The number of alkyl halides is 2. The summed E-state index contributed by atoms with van der Waals surface area (Å²) in [5.74, 6) is -0.0577. The van der Waals surface area contributed by atoms with Gasteiger partial charge in [0.25, 0.3) is 0 Å². The molecule has 0 heterocycles. The molecular formula is C8H13BrFNO. The van der Waals surface area contributed by atoms with Crippen molar-refractivity contribution in [2.75, 3.05) is 13.2 Å². The third kappa shape index (κ3) is 2.19. The summed E-state index contributed by atoms with van der Waals surface area (Å²) in [6.07, 6.45) is 3.89. The van der Waals surface area contributed by atoms with E-state index in [9.17, 15) is 9.18 Å². The van der Waals surface area contributed by atoms with Crippen molar-refractivity contribution in [2.24, 2.45) is 0 Å². The van der Waals surface area contributed by atoms with Gasteiger partial charge in [0.1, 0.15) is 11.0 Å². The third-order valence-corrected chi connectivity index (χ3v) is 3.34. The predicted octanol–water partition coefficient (Wildman–Crippen LogP) is 1.78. The Labute approximate surface area is 80.0 Å². The summed E-state index contributed by atoms with van der Waals surface area (Å²) in [6, 6.07) is 0. The van der Waals surface area contributed by atoms with Crippen molar-refractivity contribution in [3.05, 3.63) is 0 Å². The molecule has 1 rings (SSSR count).